The maximum atomic E-state index is 12.9. The Morgan fingerprint density at radius 2 is 1.81 bits per heavy atom. The third-order valence-electron chi connectivity index (χ3n) is 6.58. The number of benzene rings is 2. The Morgan fingerprint density at radius 3 is 2.61 bits per heavy atom. The van der Waals surface area contributed by atoms with Crippen LogP contribution in [0.3, 0.4) is 0 Å². The van der Waals surface area contributed by atoms with Crippen molar-refractivity contribution in [2.24, 2.45) is 0 Å². The van der Waals surface area contributed by atoms with E-state index in [1.807, 2.05) is 30.5 Å². The lowest BCUT2D eigenvalue weighted by Gasteiger charge is -2.26. The van der Waals surface area contributed by atoms with Gasteiger partial charge in [0.1, 0.15) is 12.6 Å². The average molecular weight is 510 g/mol. The van der Waals surface area contributed by atoms with E-state index in [-0.39, 0.29) is 10.6 Å². The fourth-order valence-corrected chi connectivity index (χ4v) is 6.28. The largest absolute Gasteiger partial charge is 0.361 e. The number of imide groups is 1. The maximum Gasteiger partial charge on any atom is 0.325 e. The third kappa shape index (κ3) is 4.71. The summed E-state index contributed by atoms with van der Waals surface area (Å²) in [6, 6.07) is 12.3. The highest BCUT2D eigenvalue weighted by Crippen LogP contribution is 2.24. The minimum Gasteiger partial charge on any atom is -0.361 e. The molecule has 0 bridgehead atoms. The summed E-state index contributed by atoms with van der Waals surface area (Å²) in [5.41, 5.74) is 2.10. The Balaban J connectivity index is 1.23. The number of aromatic nitrogens is 1. The van der Waals surface area contributed by atoms with Gasteiger partial charge >= 0.3 is 6.03 Å². The molecule has 36 heavy (non-hydrogen) atoms. The fraction of sp³-hybridized carbons (Fsp3) is 0.320. The van der Waals surface area contributed by atoms with Crippen molar-refractivity contribution in [2.45, 2.75) is 36.6 Å². The van der Waals surface area contributed by atoms with Crippen LogP contribution in [-0.2, 0) is 26.0 Å². The van der Waals surface area contributed by atoms with Crippen molar-refractivity contribution in [2.75, 3.05) is 25.0 Å². The van der Waals surface area contributed by atoms with Crippen LogP contribution in [0.25, 0.3) is 10.9 Å². The second-order valence-electron chi connectivity index (χ2n) is 9.03. The molecule has 188 valence electrons. The number of aromatic amines is 1. The summed E-state index contributed by atoms with van der Waals surface area (Å²) in [4.78, 5) is 42.1. The molecule has 2 aromatic carbocycles. The summed E-state index contributed by atoms with van der Waals surface area (Å²) >= 11 is 0. The summed E-state index contributed by atoms with van der Waals surface area (Å²) in [7, 11) is -3.66. The van der Waals surface area contributed by atoms with Crippen LogP contribution in [0.4, 0.5) is 10.5 Å². The van der Waals surface area contributed by atoms with Crippen molar-refractivity contribution < 1.29 is 22.8 Å². The van der Waals surface area contributed by atoms with Gasteiger partial charge in [0.25, 0.3) is 5.91 Å². The molecular formula is C25H27N5O5S. The molecule has 10 nitrogen and oxygen atoms in total. The summed E-state index contributed by atoms with van der Waals surface area (Å²) in [5.74, 6) is -1.08. The van der Waals surface area contributed by atoms with E-state index in [1.165, 1.54) is 16.4 Å². The van der Waals surface area contributed by atoms with Gasteiger partial charge in [-0.25, -0.2) is 13.2 Å². The first-order valence-corrected chi connectivity index (χ1v) is 13.3. The number of nitrogens with zero attached hydrogens (tertiary/aromatic N) is 2. The minimum atomic E-state index is -3.66. The van der Waals surface area contributed by atoms with E-state index in [0.717, 1.165) is 40.6 Å². The Kier molecular flexibility index (Phi) is 6.50. The molecule has 3 aromatic rings. The van der Waals surface area contributed by atoms with Crippen LogP contribution >= 0.6 is 0 Å². The van der Waals surface area contributed by atoms with Gasteiger partial charge in [0.15, 0.2) is 0 Å². The number of amides is 4. The second-order valence-corrected chi connectivity index (χ2v) is 11.0. The van der Waals surface area contributed by atoms with E-state index >= 15 is 0 Å². The van der Waals surface area contributed by atoms with Crippen molar-refractivity contribution in [1.29, 1.82) is 0 Å². The molecule has 0 radical (unpaired) electrons. The van der Waals surface area contributed by atoms with Gasteiger partial charge in [-0.1, -0.05) is 30.7 Å². The lowest BCUT2D eigenvalue weighted by atomic mass is 10.1. The standard InChI is InChI=1S/C25H27N5O5S/c31-23(27-18-7-6-8-19(14-18)36(34,35)29-11-4-1-5-12-29)16-30-24(32)22(28-25(30)33)13-17-15-26-21-10-3-2-9-20(17)21/h2-3,6-10,14-15,22,26H,1,4-5,11-13,16H2,(H,27,31)(H,28,33)/t22-/m1/s1. The number of piperidine rings is 1. The van der Waals surface area contributed by atoms with E-state index in [9.17, 15) is 22.8 Å². The normalized spacial score (nSPS) is 19.0. The number of fused-ring (bicyclic) bond motifs is 1. The van der Waals surface area contributed by atoms with Crippen LogP contribution in [0, 0.1) is 0 Å². The Morgan fingerprint density at radius 1 is 1.03 bits per heavy atom. The Labute approximate surface area is 208 Å². The van der Waals surface area contributed by atoms with E-state index in [2.05, 4.69) is 15.6 Å². The predicted molar refractivity (Wildman–Crippen MR) is 134 cm³/mol. The molecule has 2 aliphatic rings. The van der Waals surface area contributed by atoms with E-state index < -0.39 is 40.5 Å². The molecule has 1 aromatic heterocycles. The SMILES string of the molecule is O=C(CN1C(=O)N[C@H](Cc2c[nH]c3ccccc23)C1=O)Nc1cccc(S(=O)(=O)N2CCCCC2)c1. The number of hydrogen-bond donors (Lipinski definition) is 3. The number of carbonyl (C=O) groups excluding carboxylic acids is 3. The molecule has 2 saturated heterocycles. The molecule has 0 saturated carbocycles. The molecule has 1 atom stereocenters. The zero-order valence-electron chi connectivity index (χ0n) is 19.6. The van der Waals surface area contributed by atoms with Crippen LogP contribution in [0.15, 0.2) is 59.6 Å². The molecule has 0 unspecified atom stereocenters. The molecular weight excluding hydrogens is 482 g/mol. The fourth-order valence-electron chi connectivity index (χ4n) is 4.72. The number of rotatable bonds is 7. The highest BCUT2D eigenvalue weighted by molar-refractivity contribution is 7.89. The topological polar surface area (TPSA) is 132 Å². The number of hydrogen-bond acceptors (Lipinski definition) is 5. The van der Waals surface area contributed by atoms with Crippen LogP contribution in [0.5, 0.6) is 0 Å². The first-order valence-electron chi connectivity index (χ1n) is 11.9. The molecule has 0 spiro atoms. The lowest BCUT2D eigenvalue weighted by Crippen LogP contribution is -2.38. The summed E-state index contributed by atoms with van der Waals surface area (Å²) in [6.45, 7) is 0.480. The maximum absolute atomic E-state index is 12.9. The number of sulfonamides is 1. The highest BCUT2D eigenvalue weighted by atomic mass is 32.2. The van der Waals surface area contributed by atoms with Gasteiger partial charge in [-0.05, 0) is 42.7 Å². The zero-order valence-corrected chi connectivity index (χ0v) is 20.4. The van der Waals surface area contributed by atoms with E-state index in [1.54, 1.807) is 12.1 Å². The van der Waals surface area contributed by atoms with Crippen LogP contribution in [-0.4, -0.2) is 66.1 Å². The first-order chi connectivity index (χ1) is 17.3. The smallest absolute Gasteiger partial charge is 0.325 e. The molecule has 3 N–H and O–H groups in total. The zero-order chi connectivity index (χ0) is 25.3. The molecule has 3 heterocycles. The quantitative estimate of drug-likeness (QED) is 0.421. The number of anilines is 1. The van der Waals surface area contributed by atoms with Gasteiger partial charge in [-0.2, -0.15) is 4.31 Å². The number of urea groups is 1. The lowest BCUT2D eigenvalue weighted by molar-refractivity contribution is -0.130. The monoisotopic (exact) mass is 509 g/mol. The molecule has 2 fully saturated rings. The minimum absolute atomic E-state index is 0.0935. The van der Waals surface area contributed by atoms with Crippen LogP contribution < -0.4 is 10.6 Å². The van der Waals surface area contributed by atoms with Crippen LogP contribution in [0.1, 0.15) is 24.8 Å². The van der Waals surface area contributed by atoms with Gasteiger partial charge in [-0.3, -0.25) is 14.5 Å². The van der Waals surface area contributed by atoms with Crippen LogP contribution in [0.2, 0.25) is 0 Å². The van der Waals surface area contributed by atoms with Gasteiger partial charge in [0.2, 0.25) is 15.9 Å². The van der Waals surface area contributed by atoms with Gasteiger partial charge in [0, 0.05) is 42.3 Å². The van der Waals surface area contributed by atoms with E-state index in [4.69, 9.17) is 0 Å². The Bertz CT molecular complexity index is 1430. The second kappa shape index (κ2) is 9.75. The van der Waals surface area contributed by atoms with Crippen molar-refractivity contribution in [3.8, 4) is 0 Å². The highest BCUT2D eigenvalue weighted by Gasteiger charge is 2.39. The van der Waals surface area contributed by atoms with Crippen molar-refractivity contribution >= 4 is 44.5 Å². The first kappa shape index (κ1) is 24.0. The molecule has 4 amide bonds. The van der Waals surface area contributed by atoms with Crippen molar-refractivity contribution in [3.05, 3.63) is 60.3 Å². The molecule has 5 rings (SSSR count). The molecule has 0 aliphatic carbocycles. The number of nitrogens with one attached hydrogen (secondary N) is 3. The van der Waals surface area contributed by atoms with Crippen molar-refractivity contribution in [1.82, 2.24) is 19.5 Å². The summed E-state index contributed by atoms with van der Waals surface area (Å²) < 4.78 is 27.3. The van der Waals surface area contributed by atoms with Gasteiger partial charge < -0.3 is 15.6 Å². The summed E-state index contributed by atoms with van der Waals surface area (Å²) in [6.07, 6.45) is 4.76. The Hall–Kier alpha value is -3.70. The number of para-hydroxylation sites is 1. The number of carbonyl (C=O) groups is 3. The van der Waals surface area contributed by atoms with Gasteiger partial charge in [-0.15, -0.1) is 0 Å². The van der Waals surface area contributed by atoms with E-state index in [0.29, 0.717) is 19.5 Å². The number of H-pyrrole nitrogens is 1. The predicted octanol–water partition coefficient (Wildman–Crippen LogP) is 2.44. The molecule has 2 aliphatic heterocycles. The van der Waals surface area contributed by atoms with Crippen molar-refractivity contribution in [3.63, 3.8) is 0 Å². The third-order valence-corrected chi connectivity index (χ3v) is 8.47. The summed E-state index contributed by atoms with van der Waals surface area (Å²) in [5, 5.41) is 6.23. The molecule has 11 heteroatoms. The van der Waals surface area contributed by atoms with Gasteiger partial charge in [0.05, 0.1) is 4.90 Å². The average Bonchev–Trinajstić information content (AvgIpc) is 3.41.